The normalized spacial score (nSPS) is 16.4. The van der Waals surface area contributed by atoms with E-state index in [0.717, 1.165) is 35.0 Å². The summed E-state index contributed by atoms with van der Waals surface area (Å²) in [6.45, 7) is 1.40. The van der Waals surface area contributed by atoms with Crippen molar-refractivity contribution in [1.29, 1.82) is 5.26 Å². The lowest BCUT2D eigenvalue weighted by atomic mass is 9.95. The van der Waals surface area contributed by atoms with Crippen molar-refractivity contribution in [2.75, 3.05) is 31.0 Å². The summed E-state index contributed by atoms with van der Waals surface area (Å²) in [6, 6.07) is 8.84. The molecule has 0 spiro atoms. The topological polar surface area (TPSA) is 126 Å². The average molecular weight is 485 g/mol. The highest BCUT2D eigenvalue weighted by Crippen LogP contribution is 2.34. The third kappa shape index (κ3) is 4.22. The first-order chi connectivity index (χ1) is 17.7. The third-order valence-electron chi connectivity index (χ3n) is 6.98. The van der Waals surface area contributed by atoms with Crippen LogP contribution in [0.25, 0.3) is 22.2 Å². The van der Waals surface area contributed by atoms with Gasteiger partial charge >= 0.3 is 0 Å². The smallest absolute Gasteiger partial charge is 0.231 e. The Balaban J connectivity index is 1.30. The number of aromatic nitrogens is 5. The van der Waals surface area contributed by atoms with Crippen LogP contribution in [0, 0.1) is 11.3 Å². The van der Waals surface area contributed by atoms with Gasteiger partial charge in [0.1, 0.15) is 23.3 Å². The zero-order valence-electron chi connectivity index (χ0n) is 20.1. The molecular formula is C26H28N8O2. The molecule has 0 atom stereocenters. The number of hydrogen-bond acceptors (Lipinski definition) is 8. The summed E-state index contributed by atoms with van der Waals surface area (Å²) in [5.74, 6) is 1.77. The highest BCUT2D eigenvalue weighted by Gasteiger charge is 2.22. The second-order valence-corrected chi connectivity index (χ2v) is 9.35. The molecular weight excluding hydrogens is 456 g/mol. The fraction of sp³-hybridized carbons (Fsp3) is 0.385. The maximum atomic E-state index is 9.60. The van der Waals surface area contributed by atoms with Crippen LogP contribution >= 0.6 is 0 Å². The summed E-state index contributed by atoms with van der Waals surface area (Å²) in [4.78, 5) is 12.5. The van der Waals surface area contributed by atoms with Crippen LogP contribution in [-0.4, -0.2) is 51.1 Å². The van der Waals surface area contributed by atoms with Gasteiger partial charge in [-0.15, -0.1) is 0 Å². The lowest BCUT2D eigenvalue weighted by Gasteiger charge is -2.25. The number of H-pyrrole nitrogens is 1. The van der Waals surface area contributed by atoms with E-state index in [2.05, 4.69) is 31.8 Å². The molecule has 1 aromatic carbocycles. The van der Waals surface area contributed by atoms with E-state index in [1.54, 1.807) is 13.3 Å². The van der Waals surface area contributed by atoms with E-state index in [9.17, 15) is 5.26 Å². The molecule has 1 aliphatic carbocycles. The highest BCUT2D eigenvalue weighted by atomic mass is 16.5. The Morgan fingerprint density at radius 3 is 2.78 bits per heavy atom. The van der Waals surface area contributed by atoms with E-state index in [0.29, 0.717) is 54.0 Å². The Kier molecular flexibility index (Phi) is 5.91. The van der Waals surface area contributed by atoms with Gasteiger partial charge in [0.2, 0.25) is 5.95 Å². The molecule has 0 radical (unpaired) electrons. The van der Waals surface area contributed by atoms with Crippen molar-refractivity contribution >= 4 is 28.5 Å². The van der Waals surface area contributed by atoms with Crippen LogP contribution in [0.15, 0.2) is 36.8 Å². The SMILES string of the molecule is COc1cc(-c2cnn(C3COC3)c2)ccc1Nc1nc(NC2CCCCC2)c2c(C#N)c[nH]c2n1. The van der Waals surface area contributed by atoms with Gasteiger partial charge in [0.05, 0.1) is 49.2 Å². The number of fused-ring (bicyclic) bond motifs is 1. The van der Waals surface area contributed by atoms with Crippen LogP contribution in [0.3, 0.4) is 0 Å². The summed E-state index contributed by atoms with van der Waals surface area (Å²) in [5, 5.41) is 21.7. The molecule has 1 aliphatic heterocycles. The fourth-order valence-corrected chi connectivity index (χ4v) is 4.88. The Hall–Kier alpha value is -4.10. The number of ether oxygens (including phenoxy) is 2. The Bertz CT molecular complexity index is 1430. The highest BCUT2D eigenvalue weighted by molar-refractivity contribution is 5.93. The maximum Gasteiger partial charge on any atom is 0.231 e. The predicted molar refractivity (Wildman–Crippen MR) is 136 cm³/mol. The Morgan fingerprint density at radius 2 is 2.03 bits per heavy atom. The molecule has 4 aromatic rings. The number of nitrogens with one attached hydrogen (secondary N) is 3. The van der Waals surface area contributed by atoms with Crippen LogP contribution < -0.4 is 15.4 Å². The van der Waals surface area contributed by atoms with Gasteiger partial charge in [0, 0.05) is 24.0 Å². The second-order valence-electron chi connectivity index (χ2n) is 9.35. The number of rotatable bonds is 7. The van der Waals surface area contributed by atoms with Crippen molar-refractivity contribution in [3.8, 4) is 22.9 Å². The van der Waals surface area contributed by atoms with Crippen LogP contribution in [0.4, 0.5) is 17.5 Å². The molecule has 1 saturated carbocycles. The molecule has 10 heteroatoms. The third-order valence-corrected chi connectivity index (χ3v) is 6.98. The van der Waals surface area contributed by atoms with Crippen molar-refractivity contribution in [3.63, 3.8) is 0 Å². The van der Waals surface area contributed by atoms with Gasteiger partial charge in [0.25, 0.3) is 0 Å². The van der Waals surface area contributed by atoms with E-state index in [4.69, 9.17) is 14.5 Å². The standard InChI is InChI=1S/C26H28N8O2/c1-35-22-9-16(18-12-29-34(13-18)20-14-36-15-20)7-8-21(22)31-26-32-24-23(17(10-27)11-28-24)25(33-26)30-19-5-3-2-4-6-19/h7-9,11-13,19-20H,2-6,14-15H2,1H3,(H3,28,30,31,32,33). The number of nitrogens with zero attached hydrogens (tertiary/aromatic N) is 5. The lowest BCUT2D eigenvalue weighted by molar-refractivity contribution is -0.0286. The lowest BCUT2D eigenvalue weighted by Crippen LogP contribution is -2.30. The molecule has 3 N–H and O–H groups in total. The van der Waals surface area contributed by atoms with Gasteiger partial charge in [-0.1, -0.05) is 25.3 Å². The second kappa shape index (κ2) is 9.51. The van der Waals surface area contributed by atoms with Gasteiger partial charge in [0.15, 0.2) is 0 Å². The zero-order valence-corrected chi connectivity index (χ0v) is 20.1. The molecule has 3 aromatic heterocycles. The van der Waals surface area contributed by atoms with Gasteiger partial charge < -0.3 is 25.1 Å². The van der Waals surface area contributed by atoms with Gasteiger partial charge in [-0.2, -0.15) is 20.3 Å². The number of anilines is 3. The molecule has 2 aliphatic rings. The fourth-order valence-electron chi connectivity index (χ4n) is 4.88. The minimum atomic E-state index is 0.305. The molecule has 6 rings (SSSR count). The van der Waals surface area contributed by atoms with Crippen molar-refractivity contribution in [2.24, 2.45) is 0 Å². The maximum absolute atomic E-state index is 9.60. The minimum Gasteiger partial charge on any atom is -0.495 e. The van der Waals surface area contributed by atoms with Crippen molar-refractivity contribution in [1.82, 2.24) is 24.7 Å². The first kappa shape index (κ1) is 22.4. The first-order valence-electron chi connectivity index (χ1n) is 12.3. The van der Waals surface area contributed by atoms with E-state index >= 15 is 0 Å². The minimum absolute atomic E-state index is 0.305. The molecule has 2 fully saturated rings. The van der Waals surface area contributed by atoms with Gasteiger partial charge in [-0.25, -0.2) is 0 Å². The number of aromatic amines is 1. The van der Waals surface area contributed by atoms with Crippen molar-refractivity contribution in [2.45, 2.75) is 44.2 Å². The molecule has 0 amide bonds. The molecule has 4 heterocycles. The molecule has 10 nitrogen and oxygen atoms in total. The number of methoxy groups -OCH3 is 1. The molecule has 1 saturated heterocycles. The first-order valence-corrected chi connectivity index (χ1v) is 12.3. The van der Waals surface area contributed by atoms with Crippen LogP contribution in [0.5, 0.6) is 5.75 Å². The summed E-state index contributed by atoms with van der Waals surface area (Å²) < 4.78 is 12.9. The molecule has 0 bridgehead atoms. The molecule has 36 heavy (non-hydrogen) atoms. The van der Waals surface area contributed by atoms with Crippen molar-refractivity contribution < 1.29 is 9.47 Å². The average Bonchev–Trinajstić information content (AvgIpc) is 3.51. The number of benzene rings is 1. The largest absolute Gasteiger partial charge is 0.495 e. The van der Waals surface area contributed by atoms with Crippen LogP contribution in [0.1, 0.15) is 43.7 Å². The predicted octanol–water partition coefficient (Wildman–Crippen LogP) is 4.76. The van der Waals surface area contributed by atoms with Crippen LogP contribution in [-0.2, 0) is 4.74 Å². The van der Waals surface area contributed by atoms with Crippen molar-refractivity contribution in [3.05, 3.63) is 42.4 Å². The monoisotopic (exact) mass is 484 g/mol. The summed E-state index contributed by atoms with van der Waals surface area (Å²) in [5.41, 5.74) is 3.91. The van der Waals surface area contributed by atoms with E-state index in [-0.39, 0.29) is 0 Å². The summed E-state index contributed by atoms with van der Waals surface area (Å²) >= 11 is 0. The van der Waals surface area contributed by atoms with Gasteiger partial charge in [-0.05, 0) is 30.5 Å². The number of hydrogen-bond donors (Lipinski definition) is 3. The van der Waals surface area contributed by atoms with E-state index in [1.807, 2.05) is 35.3 Å². The van der Waals surface area contributed by atoms with E-state index < -0.39 is 0 Å². The molecule has 184 valence electrons. The van der Waals surface area contributed by atoms with E-state index in [1.165, 1.54) is 19.3 Å². The summed E-state index contributed by atoms with van der Waals surface area (Å²) in [7, 11) is 1.64. The Labute approximate surface area is 208 Å². The zero-order chi connectivity index (χ0) is 24.5. The Morgan fingerprint density at radius 1 is 1.17 bits per heavy atom. The van der Waals surface area contributed by atoms with Crippen LogP contribution in [0.2, 0.25) is 0 Å². The molecule has 0 unspecified atom stereocenters. The number of nitriles is 1. The quantitative estimate of drug-likeness (QED) is 0.343. The summed E-state index contributed by atoms with van der Waals surface area (Å²) in [6.07, 6.45) is 11.4. The van der Waals surface area contributed by atoms with Gasteiger partial charge in [-0.3, -0.25) is 4.68 Å².